The van der Waals surface area contributed by atoms with Gasteiger partial charge in [0.05, 0.1) is 0 Å². The zero-order valence-electron chi connectivity index (χ0n) is 11.2. The lowest BCUT2D eigenvalue weighted by Gasteiger charge is -2.19. The summed E-state index contributed by atoms with van der Waals surface area (Å²) >= 11 is 0. The maximum Gasteiger partial charge on any atom is 0.280 e. The van der Waals surface area contributed by atoms with Crippen molar-refractivity contribution >= 4 is 6.29 Å². The predicted octanol–water partition coefficient (Wildman–Crippen LogP) is 4.01. The Labute approximate surface area is 106 Å². The Kier molecular flexibility index (Phi) is 4.93. The fraction of sp³-hybridized carbons (Fsp3) is 0.571. The summed E-state index contributed by atoms with van der Waals surface area (Å²) in [6, 6.07) is 1.43. The zero-order chi connectivity index (χ0) is 13.9. The molecule has 4 heteroatoms. The minimum Gasteiger partial charge on any atom is -0.303 e. The normalized spacial score (nSPS) is 11.6. The standard InChI is InChI=1S/C14H19F2NO/c1-8(2)11-7-12(14(15)16)17-13(9(3)4)10(11)5-6-18/h6-9,14H,5H2,1-4H3. The molecule has 0 aliphatic heterocycles. The zero-order valence-corrected chi connectivity index (χ0v) is 11.2. The van der Waals surface area contributed by atoms with E-state index in [9.17, 15) is 13.6 Å². The minimum absolute atomic E-state index is 0.0242. The fourth-order valence-electron chi connectivity index (χ4n) is 2.04. The van der Waals surface area contributed by atoms with E-state index in [0.29, 0.717) is 5.69 Å². The van der Waals surface area contributed by atoms with Crippen LogP contribution in [0.1, 0.15) is 68.5 Å². The van der Waals surface area contributed by atoms with E-state index < -0.39 is 6.43 Å². The summed E-state index contributed by atoms with van der Waals surface area (Å²) in [5.74, 6) is 0.120. The molecule has 0 bridgehead atoms. The Morgan fingerprint density at radius 2 is 1.83 bits per heavy atom. The molecule has 100 valence electrons. The average Bonchev–Trinajstić information content (AvgIpc) is 2.28. The lowest BCUT2D eigenvalue weighted by Crippen LogP contribution is -2.10. The molecular formula is C14H19F2NO. The highest BCUT2D eigenvalue weighted by Gasteiger charge is 2.20. The summed E-state index contributed by atoms with van der Waals surface area (Å²) in [6.45, 7) is 7.66. The van der Waals surface area contributed by atoms with Crippen molar-refractivity contribution in [3.63, 3.8) is 0 Å². The predicted molar refractivity (Wildman–Crippen MR) is 67.1 cm³/mol. The average molecular weight is 255 g/mol. The van der Waals surface area contributed by atoms with Gasteiger partial charge in [-0.05, 0) is 29.0 Å². The molecule has 0 N–H and O–H groups in total. The van der Waals surface area contributed by atoms with Crippen molar-refractivity contribution in [1.29, 1.82) is 0 Å². The van der Waals surface area contributed by atoms with Crippen LogP contribution < -0.4 is 0 Å². The van der Waals surface area contributed by atoms with Gasteiger partial charge in [0.25, 0.3) is 6.43 Å². The van der Waals surface area contributed by atoms with Gasteiger partial charge in [-0.1, -0.05) is 27.7 Å². The Hall–Kier alpha value is -1.32. The lowest BCUT2D eigenvalue weighted by molar-refractivity contribution is -0.107. The van der Waals surface area contributed by atoms with Crippen molar-refractivity contribution < 1.29 is 13.6 Å². The molecule has 2 nitrogen and oxygen atoms in total. The molecule has 1 aromatic heterocycles. The second kappa shape index (κ2) is 6.03. The van der Waals surface area contributed by atoms with E-state index in [1.165, 1.54) is 6.07 Å². The largest absolute Gasteiger partial charge is 0.303 e. The van der Waals surface area contributed by atoms with Gasteiger partial charge in [-0.3, -0.25) is 4.98 Å². The van der Waals surface area contributed by atoms with E-state index >= 15 is 0 Å². The molecule has 0 aliphatic carbocycles. The summed E-state index contributed by atoms with van der Waals surface area (Å²) in [4.78, 5) is 14.8. The molecule has 0 saturated carbocycles. The van der Waals surface area contributed by atoms with Gasteiger partial charge in [-0.2, -0.15) is 0 Å². The molecule has 0 spiro atoms. The third-order valence-electron chi connectivity index (χ3n) is 2.89. The number of alkyl halides is 2. The monoisotopic (exact) mass is 255 g/mol. The van der Waals surface area contributed by atoms with Crippen LogP contribution in [0.15, 0.2) is 6.07 Å². The Morgan fingerprint density at radius 1 is 1.22 bits per heavy atom. The van der Waals surface area contributed by atoms with E-state index in [1.807, 2.05) is 27.7 Å². The molecule has 1 heterocycles. The molecule has 0 fully saturated rings. The number of aldehydes is 1. The topological polar surface area (TPSA) is 30.0 Å². The van der Waals surface area contributed by atoms with Crippen LogP contribution in [-0.2, 0) is 11.2 Å². The van der Waals surface area contributed by atoms with Gasteiger partial charge >= 0.3 is 0 Å². The molecule has 0 saturated heterocycles. The molecular weight excluding hydrogens is 236 g/mol. The molecule has 0 radical (unpaired) electrons. The number of nitrogens with zero attached hydrogens (tertiary/aromatic N) is 1. The van der Waals surface area contributed by atoms with Crippen LogP contribution in [0.2, 0.25) is 0 Å². The van der Waals surface area contributed by atoms with Crippen LogP contribution in [0, 0.1) is 0 Å². The van der Waals surface area contributed by atoms with Crippen LogP contribution in [0.4, 0.5) is 8.78 Å². The summed E-state index contributed by atoms with van der Waals surface area (Å²) in [5.41, 5.74) is 2.02. The van der Waals surface area contributed by atoms with Crippen molar-refractivity contribution in [2.45, 2.75) is 52.4 Å². The maximum atomic E-state index is 12.8. The maximum absolute atomic E-state index is 12.8. The lowest BCUT2D eigenvalue weighted by atomic mass is 9.90. The van der Waals surface area contributed by atoms with Crippen molar-refractivity contribution in [1.82, 2.24) is 4.98 Å². The first-order valence-electron chi connectivity index (χ1n) is 6.13. The van der Waals surface area contributed by atoms with Crippen LogP contribution in [0.5, 0.6) is 0 Å². The van der Waals surface area contributed by atoms with E-state index in [-0.39, 0.29) is 24.0 Å². The Morgan fingerprint density at radius 3 is 2.22 bits per heavy atom. The van der Waals surface area contributed by atoms with Crippen LogP contribution in [-0.4, -0.2) is 11.3 Å². The van der Waals surface area contributed by atoms with Crippen molar-refractivity contribution in [2.75, 3.05) is 0 Å². The molecule has 0 amide bonds. The Bertz CT molecular complexity index is 399. The van der Waals surface area contributed by atoms with Crippen molar-refractivity contribution in [3.05, 3.63) is 28.6 Å². The molecule has 0 unspecified atom stereocenters. The number of halogens is 2. The smallest absolute Gasteiger partial charge is 0.280 e. The molecule has 1 aromatic rings. The van der Waals surface area contributed by atoms with Crippen LogP contribution >= 0.6 is 0 Å². The first-order valence-corrected chi connectivity index (χ1v) is 6.13. The van der Waals surface area contributed by atoms with Crippen LogP contribution in [0.25, 0.3) is 0 Å². The third-order valence-corrected chi connectivity index (χ3v) is 2.89. The minimum atomic E-state index is -2.58. The van der Waals surface area contributed by atoms with E-state index in [0.717, 1.165) is 17.4 Å². The molecule has 0 aromatic carbocycles. The summed E-state index contributed by atoms with van der Waals surface area (Å²) in [5, 5.41) is 0. The van der Waals surface area contributed by atoms with E-state index in [1.54, 1.807) is 0 Å². The van der Waals surface area contributed by atoms with Gasteiger partial charge < -0.3 is 4.79 Å². The number of hydrogen-bond acceptors (Lipinski definition) is 2. The first kappa shape index (κ1) is 14.7. The molecule has 1 rings (SSSR count). The summed E-state index contributed by atoms with van der Waals surface area (Å²) < 4.78 is 25.7. The fourth-order valence-corrected chi connectivity index (χ4v) is 2.04. The number of rotatable bonds is 5. The van der Waals surface area contributed by atoms with Gasteiger partial charge in [0.2, 0.25) is 0 Å². The highest BCUT2D eigenvalue weighted by Crippen LogP contribution is 2.30. The second-order valence-electron chi connectivity index (χ2n) is 4.98. The Balaban J connectivity index is 3.49. The van der Waals surface area contributed by atoms with E-state index in [4.69, 9.17) is 0 Å². The second-order valence-corrected chi connectivity index (χ2v) is 4.98. The van der Waals surface area contributed by atoms with Gasteiger partial charge in [0.1, 0.15) is 12.0 Å². The molecule has 18 heavy (non-hydrogen) atoms. The highest BCUT2D eigenvalue weighted by molar-refractivity contribution is 5.58. The number of carbonyl (C=O) groups excluding carboxylic acids is 1. The number of pyridine rings is 1. The van der Waals surface area contributed by atoms with E-state index in [2.05, 4.69) is 4.98 Å². The van der Waals surface area contributed by atoms with Crippen molar-refractivity contribution in [2.24, 2.45) is 0 Å². The van der Waals surface area contributed by atoms with Gasteiger partial charge in [-0.25, -0.2) is 8.78 Å². The van der Waals surface area contributed by atoms with Gasteiger partial charge in [0, 0.05) is 12.1 Å². The first-order chi connectivity index (χ1) is 8.38. The third kappa shape index (κ3) is 3.12. The summed E-state index contributed by atoms with van der Waals surface area (Å²) in [7, 11) is 0. The van der Waals surface area contributed by atoms with Crippen LogP contribution in [0.3, 0.4) is 0 Å². The summed E-state index contributed by atoms with van der Waals surface area (Å²) in [6.07, 6.45) is -1.54. The molecule has 0 aliphatic rings. The number of carbonyl (C=O) groups is 1. The quantitative estimate of drug-likeness (QED) is 0.744. The van der Waals surface area contributed by atoms with Crippen molar-refractivity contribution in [3.8, 4) is 0 Å². The number of aromatic nitrogens is 1. The van der Waals surface area contributed by atoms with Gasteiger partial charge in [0.15, 0.2) is 0 Å². The number of hydrogen-bond donors (Lipinski definition) is 0. The van der Waals surface area contributed by atoms with Gasteiger partial charge in [-0.15, -0.1) is 0 Å². The highest BCUT2D eigenvalue weighted by atomic mass is 19.3. The SMILES string of the molecule is CC(C)c1cc(C(F)F)nc(C(C)C)c1CC=O. The molecule has 0 atom stereocenters.